The molecular weight excluding hydrogens is 744 g/mol. The van der Waals surface area contributed by atoms with Crippen LogP contribution in [0.25, 0.3) is 0 Å². The summed E-state index contributed by atoms with van der Waals surface area (Å²) in [6, 6.07) is 2.95. The fourth-order valence-electron chi connectivity index (χ4n) is 1.55. The number of hydrogen-bond acceptors (Lipinski definition) is 4. The Morgan fingerprint density at radius 2 is 0.885 bits per heavy atom. The van der Waals surface area contributed by atoms with Crippen LogP contribution in [0, 0.1) is 0 Å². The van der Waals surface area contributed by atoms with Gasteiger partial charge in [-0.25, -0.2) is 9.59 Å². The van der Waals surface area contributed by atoms with Crippen LogP contribution >= 0.6 is 95.6 Å². The van der Waals surface area contributed by atoms with Crippen molar-refractivity contribution >= 4 is 108 Å². The molecule has 0 unspecified atom stereocenters. The lowest BCUT2D eigenvalue weighted by atomic mass is 10.2. The molecule has 2 aromatic rings. The number of aromatic carboxylic acids is 2. The Balaban J connectivity index is 0.000000260. The first-order valence-electron chi connectivity index (χ1n) is 6.09. The second kappa shape index (κ2) is 9.87. The minimum atomic E-state index is -1.11. The molecule has 0 atom stereocenters. The van der Waals surface area contributed by atoms with Crippen molar-refractivity contribution in [2.45, 2.75) is 0 Å². The maximum absolute atomic E-state index is 10.7. The lowest BCUT2D eigenvalue weighted by molar-refractivity contribution is 0.0683. The molecular formula is C14H6Br6O6. The summed E-state index contributed by atoms with van der Waals surface area (Å²) < 4.78 is 1.96. The molecule has 0 aliphatic carbocycles. The van der Waals surface area contributed by atoms with E-state index in [9.17, 15) is 19.8 Å². The van der Waals surface area contributed by atoms with E-state index in [0.29, 0.717) is 17.9 Å². The van der Waals surface area contributed by atoms with Gasteiger partial charge in [0.25, 0.3) is 0 Å². The lowest BCUT2D eigenvalue weighted by Gasteiger charge is -2.06. The van der Waals surface area contributed by atoms with Gasteiger partial charge in [0, 0.05) is 8.95 Å². The highest BCUT2D eigenvalue weighted by molar-refractivity contribution is 9.12. The minimum Gasteiger partial charge on any atom is -0.506 e. The Morgan fingerprint density at radius 3 is 1.12 bits per heavy atom. The summed E-state index contributed by atoms with van der Waals surface area (Å²) in [5, 5.41) is 36.3. The van der Waals surface area contributed by atoms with Gasteiger partial charge in [0.05, 0.1) is 29.0 Å². The molecule has 26 heavy (non-hydrogen) atoms. The monoisotopic (exact) mass is 744 g/mol. The van der Waals surface area contributed by atoms with E-state index in [1.165, 1.54) is 12.1 Å². The van der Waals surface area contributed by atoms with Gasteiger partial charge in [-0.05, 0) is 108 Å². The molecule has 0 aliphatic heterocycles. The van der Waals surface area contributed by atoms with E-state index < -0.39 is 11.9 Å². The number of hydrogen-bond donors (Lipinski definition) is 4. The summed E-state index contributed by atoms with van der Waals surface area (Å²) in [6.07, 6.45) is 0. The smallest absolute Gasteiger partial charge is 0.338 e. The van der Waals surface area contributed by atoms with Crippen molar-refractivity contribution in [1.29, 1.82) is 0 Å². The Bertz CT molecular complexity index is 825. The van der Waals surface area contributed by atoms with E-state index in [1.807, 2.05) is 0 Å². The molecule has 0 fully saturated rings. The Labute approximate surface area is 197 Å². The third kappa shape index (κ3) is 5.44. The third-order valence-electron chi connectivity index (χ3n) is 2.72. The van der Waals surface area contributed by atoms with Crippen molar-refractivity contribution in [2.24, 2.45) is 0 Å². The third-order valence-corrected chi connectivity index (χ3v) is 6.72. The Morgan fingerprint density at radius 1 is 0.615 bits per heavy atom. The Kier molecular flexibility index (Phi) is 9.08. The molecule has 2 aromatic carbocycles. The molecule has 0 spiro atoms. The molecule has 0 saturated carbocycles. The topological polar surface area (TPSA) is 115 Å². The van der Waals surface area contributed by atoms with Gasteiger partial charge >= 0.3 is 11.9 Å². The van der Waals surface area contributed by atoms with E-state index >= 15 is 0 Å². The molecule has 0 amide bonds. The molecule has 0 saturated heterocycles. The van der Waals surface area contributed by atoms with E-state index in [2.05, 4.69) is 95.6 Å². The van der Waals surface area contributed by atoms with Crippen LogP contribution in [0.5, 0.6) is 11.5 Å². The number of halogens is 6. The predicted molar refractivity (Wildman–Crippen MR) is 116 cm³/mol. The summed E-state index contributed by atoms with van der Waals surface area (Å²) in [7, 11) is 0. The molecule has 0 aromatic heterocycles. The molecule has 140 valence electrons. The van der Waals surface area contributed by atoms with Crippen molar-refractivity contribution in [2.75, 3.05) is 0 Å². The molecule has 0 heterocycles. The first kappa shape index (κ1) is 23.9. The average molecular weight is 750 g/mol. The molecule has 0 radical (unpaired) electrons. The number of phenols is 2. The van der Waals surface area contributed by atoms with Crippen LogP contribution in [0.15, 0.2) is 39.0 Å². The molecule has 12 heteroatoms. The number of phenolic OH excluding ortho intramolecular Hbond substituents is 2. The van der Waals surface area contributed by atoms with Gasteiger partial charge in [-0.1, -0.05) is 0 Å². The summed E-state index contributed by atoms with van der Waals surface area (Å²) >= 11 is 18.3. The van der Waals surface area contributed by atoms with Crippen LogP contribution in [0.1, 0.15) is 20.7 Å². The molecule has 6 nitrogen and oxygen atoms in total. The second-order valence-corrected chi connectivity index (χ2v) is 9.37. The molecule has 4 N–H and O–H groups in total. The van der Waals surface area contributed by atoms with Crippen molar-refractivity contribution in [3.63, 3.8) is 0 Å². The zero-order valence-corrected chi connectivity index (χ0v) is 21.5. The summed E-state index contributed by atoms with van der Waals surface area (Å²) in [5.74, 6) is -2.47. The highest BCUT2D eigenvalue weighted by Gasteiger charge is 2.19. The first-order valence-corrected chi connectivity index (χ1v) is 10.8. The number of aromatic hydroxyl groups is 2. The minimum absolute atomic E-state index is 0.000648. The van der Waals surface area contributed by atoms with E-state index in [-0.39, 0.29) is 31.6 Å². The highest BCUT2D eigenvalue weighted by atomic mass is 79.9. The number of rotatable bonds is 2. The predicted octanol–water partition coefficient (Wildman–Crippen LogP) is 6.76. The fourth-order valence-corrected chi connectivity index (χ4v) is 6.47. The molecule has 2 rings (SSSR count). The normalized spacial score (nSPS) is 10.1. The zero-order chi connectivity index (χ0) is 20.3. The largest absolute Gasteiger partial charge is 0.506 e. The van der Waals surface area contributed by atoms with Gasteiger partial charge in [-0.2, -0.15) is 0 Å². The summed E-state index contributed by atoms with van der Waals surface area (Å²) in [5.41, 5.74) is 0.00130. The number of benzene rings is 2. The fraction of sp³-hybridized carbons (Fsp3) is 0. The van der Waals surface area contributed by atoms with Crippen LogP contribution in [0.2, 0.25) is 0 Å². The van der Waals surface area contributed by atoms with Gasteiger partial charge in [0.1, 0.15) is 11.5 Å². The van der Waals surface area contributed by atoms with Gasteiger partial charge < -0.3 is 20.4 Å². The van der Waals surface area contributed by atoms with Crippen LogP contribution in [-0.4, -0.2) is 32.4 Å². The number of carbonyl (C=O) groups is 2. The molecule has 0 bridgehead atoms. The molecule has 0 aliphatic rings. The van der Waals surface area contributed by atoms with Gasteiger partial charge in [-0.3, -0.25) is 0 Å². The highest BCUT2D eigenvalue weighted by Crippen LogP contribution is 2.40. The van der Waals surface area contributed by atoms with Gasteiger partial charge in [-0.15, -0.1) is 0 Å². The van der Waals surface area contributed by atoms with Crippen LogP contribution in [0.4, 0.5) is 0 Å². The first-order chi connectivity index (χ1) is 11.9. The lowest BCUT2D eigenvalue weighted by Crippen LogP contribution is -1.99. The van der Waals surface area contributed by atoms with E-state index in [4.69, 9.17) is 10.2 Å². The Hall–Kier alpha value is -0.140. The summed E-state index contributed by atoms with van der Waals surface area (Å²) in [6.45, 7) is 0. The maximum Gasteiger partial charge on any atom is 0.338 e. The van der Waals surface area contributed by atoms with Crippen molar-refractivity contribution in [3.8, 4) is 11.5 Å². The van der Waals surface area contributed by atoms with Crippen molar-refractivity contribution < 1.29 is 30.0 Å². The van der Waals surface area contributed by atoms with Crippen molar-refractivity contribution in [1.82, 2.24) is 0 Å². The van der Waals surface area contributed by atoms with E-state index in [0.717, 1.165) is 0 Å². The summed E-state index contributed by atoms with van der Waals surface area (Å²) in [4.78, 5) is 21.4. The zero-order valence-electron chi connectivity index (χ0n) is 12.0. The second-order valence-electron chi connectivity index (χ2n) is 4.37. The number of carboxylic acid groups (broad SMARTS) is 2. The standard InChI is InChI=1S/2C7H3Br3O3/c2*8-2-1-3(9)6(11)5(10)4(2)7(12)13/h2*1,11H,(H,12,13). The maximum atomic E-state index is 10.7. The van der Waals surface area contributed by atoms with Gasteiger partial charge in [0.15, 0.2) is 0 Å². The van der Waals surface area contributed by atoms with Crippen molar-refractivity contribution in [3.05, 3.63) is 50.1 Å². The van der Waals surface area contributed by atoms with Crippen LogP contribution in [-0.2, 0) is 0 Å². The van der Waals surface area contributed by atoms with Gasteiger partial charge in [0.2, 0.25) is 0 Å². The van der Waals surface area contributed by atoms with Crippen LogP contribution in [0.3, 0.4) is 0 Å². The van der Waals surface area contributed by atoms with E-state index in [1.54, 1.807) is 0 Å². The van der Waals surface area contributed by atoms with Crippen LogP contribution < -0.4 is 0 Å². The quantitative estimate of drug-likeness (QED) is 0.270. The average Bonchev–Trinajstić information content (AvgIpc) is 2.50. The number of carboxylic acids is 2. The SMILES string of the molecule is O=C(O)c1c(Br)cc(Br)c(O)c1Br.O=C(O)c1c(Br)cc(Br)c(O)c1Br.